The molecule has 1 aromatic heterocycles. The van der Waals surface area contributed by atoms with Crippen molar-refractivity contribution in [1.29, 1.82) is 0 Å². The van der Waals surface area contributed by atoms with Gasteiger partial charge in [0.25, 0.3) is 0 Å². The fourth-order valence-corrected chi connectivity index (χ4v) is 4.59. The second-order valence-electron chi connectivity index (χ2n) is 8.34. The molecule has 0 bridgehead atoms. The van der Waals surface area contributed by atoms with Gasteiger partial charge in [-0.3, -0.25) is 0 Å². The molecular weight excluding hydrogens is 426 g/mol. The molecule has 3 nitrogen and oxygen atoms in total. The molecule has 0 radical (unpaired) electrons. The Labute approximate surface area is 205 Å². The van der Waals surface area contributed by atoms with Crippen LogP contribution < -0.4 is 9.36 Å². The summed E-state index contributed by atoms with van der Waals surface area (Å²) in [6.45, 7) is 0. The first-order valence-electron chi connectivity index (χ1n) is 11.8. The fraction of sp³-hybridized carbons (Fsp3) is 0. The minimum Gasteiger partial charge on any atom is -0.150 e. The lowest BCUT2D eigenvalue weighted by molar-refractivity contribution is -1.16. The van der Waals surface area contributed by atoms with E-state index in [0.717, 1.165) is 39.8 Å². The van der Waals surface area contributed by atoms with Crippen molar-refractivity contribution in [3.05, 3.63) is 152 Å². The van der Waals surface area contributed by atoms with E-state index in [9.17, 15) is 0 Å². The van der Waals surface area contributed by atoms with E-state index in [0.29, 0.717) is 0 Å². The van der Waals surface area contributed by atoms with E-state index < -0.39 is 0 Å². The van der Waals surface area contributed by atoms with Crippen LogP contribution in [-0.2, 0) is 0 Å². The number of para-hydroxylation sites is 3. The molecular formula is C32H25N3+2. The molecule has 0 aliphatic heterocycles. The largest absolute Gasteiger partial charge is 0.339 e. The van der Waals surface area contributed by atoms with E-state index in [4.69, 9.17) is 0 Å². The van der Waals surface area contributed by atoms with Crippen molar-refractivity contribution in [3.8, 4) is 39.8 Å². The van der Waals surface area contributed by atoms with E-state index >= 15 is 0 Å². The molecule has 0 N–H and O–H groups in total. The summed E-state index contributed by atoms with van der Waals surface area (Å²) in [5.41, 5.74) is 5.54. The lowest BCUT2D eigenvalue weighted by Gasteiger charge is -2.04. The number of aromatic nitrogens is 3. The summed E-state index contributed by atoms with van der Waals surface area (Å²) in [5, 5.41) is 0. The van der Waals surface area contributed by atoms with Crippen LogP contribution in [-0.4, -0.2) is 4.57 Å². The highest BCUT2D eigenvalue weighted by Gasteiger charge is 2.38. The van der Waals surface area contributed by atoms with Crippen molar-refractivity contribution in [2.45, 2.75) is 0 Å². The van der Waals surface area contributed by atoms with Gasteiger partial charge in [-0.05, 0) is 70.0 Å². The summed E-state index contributed by atoms with van der Waals surface area (Å²) in [6, 6.07) is 53.0. The molecule has 0 unspecified atom stereocenters. The van der Waals surface area contributed by atoms with Gasteiger partial charge in [0.15, 0.2) is 11.4 Å². The Balaban J connectivity index is 1.86. The van der Waals surface area contributed by atoms with Crippen LogP contribution in [0.15, 0.2) is 152 Å². The average molecular weight is 452 g/mol. The maximum Gasteiger partial charge on any atom is 0.339 e. The molecule has 166 valence electrons. The van der Waals surface area contributed by atoms with Gasteiger partial charge in [0, 0.05) is 0 Å². The Morgan fingerprint density at radius 2 is 0.657 bits per heavy atom. The van der Waals surface area contributed by atoms with Crippen LogP contribution in [0, 0.1) is 0 Å². The third-order valence-corrected chi connectivity index (χ3v) is 6.10. The molecule has 6 aromatic rings. The van der Waals surface area contributed by atoms with Gasteiger partial charge in [0.05, 0.1) is 11.1 Å². The number of nitrogens with zero attached hydrogens (tertiary/aromatic N) is 3. The second-order valence-corrected chi connectivity index (χ2v) is 8.34. The number of hydrogen-bond donors (Lipinski definition) is 0. The zero-order valence-corrected chi connectivity index (χ0v) is 19.3. The third kappa shape index (κ3) is 3.83. The van der Waals surface area contributed by atoms with Crippen LogP contribution in [0.2, 0.25) is 0 Å². The van der Waals surface area contributed by atoms with Crippen molar-refractivity contribution in [1.82, 2.24) is 4.57 Å². The maximum absolute atomic E-state index is 2.37. The highest BCUT2D eigenvalue weighted by Crippen LogP contribution is 2.28. The van der Waals surface area contributed by atoms with Crippen LogP contribution in [0.1, 0.15) is 0 Å². The van der Waals surface area contributed by atoms with Crippen molar-refractivity contribution < 1.29 is 9.36 Å². The molecule has 0 fully saturated rings. The van der Waals surface area contributed by atoms with Gasteiger partial charge >= 0.3 is 11.6 Å². The van der Waals surface area contributed by atoms with Crippen LogP contribution in [0.4, 0.5) is 0 Å². The zero-order chi connectivity index (χ0) is 23.5. The normalized spacial score (nSPS) is 10.9. The third-order valence-electron chi connectivity index (χ3n) is 6.10. The van der Waals surface area contributed by atoms with Gasteiger partial charge in [-0.1, -0.05) is 91.0 Å². The molecule has 0 saturated carbocycles. The smallest absolute Gasteiger partial charge is 0.150 e. The number of rotatable bonds is 5. The molecule has 0 aliphatic carbocycles. The highest BCUT2D eigenvalue weighted by molar-refractivity contribution is 5.64. The minimum atomic E-state index is 1.07. The maximum atomic E-state index is 2.37. The summed E-state index contributed by atoms with van der Waals surface area (Å²) in [6.07, 6.45) is 0. The Kier molecular flexibility index (Phi) is 5.50. The highest BCUT2D eigenvalue weighted by atomic mass is 15.5. The van der Waals surface area contributed by atoms with E-state index in [1.165, 1.54) is 0 Å². The van der Waals surface area contributed by atoms with Crippen LogP contribution in [0.25, 0.3) is 39.8 Å². The van der Waals surface area contributed by atoms with Crippen LogP contribution in [0.5, 0.6) is 0 Å². The first kappa shape index (κ1) is 20.8. The monoisotopic (exact) mass is 451 g/mol. The van der Waals surface area contributed by atoms with Crippen LogP contribution >= 0.6 is 0 Å². The summed E-state index contributed by atoms with van der Waals surface area (Å²) < 4.78 is 7.00. The Bertz CT molecular complexity index is 1240. The summed E-state index contributed by atoms with van der Waals surface area (Å²) in [5.74, 6) is 2.15. The Morgan fingerprint density at radius 1 is 0.343 bits per heavy atom. The topological polar surface area (TPSA) is 12.7 Å². The van der Waals surface area contributed by atoms with E-state index in [-0.39, 0.29) is 0 Å². The molecule has 0 saturated heterocycles. The van der Waals surface area contributed by atoms with Gasteiger partial charge < -0.3 is 0 Å². The van der Waals surface area contributed by atoms with Gasteiger partial charge in [0.2, 0.25) is 0 Å². The molecule has 0 spiro atoms. The second kappa shape index (κ2) is 9.24. The Morgan fingerprint density at radius 3 is 1.03 bits per heavy atom. The molecule has 0 aliphatic rings. The standard InChI is InChI=1S/C32H25N3/c1-6-16-26(17-7-1)31-33(28-20-10-3-11-21-28)32(27-18-8-2-9-19-27)35(30-24-14-5-15-25-30)34(31)29-22-12-4-13-23-29/h1-25H/q+2. The summed E-state index contributed by atoms with van der Waals surface area (Å²) >= 11 is 0. The lowest BCUT2D eigenvalue weighted by Crippen LogP contribution is -2.63. The van der Waals surface area contributed by atoms with E-state index in [1.54, 1.807) is 0 Å². The molecule has 1 heterocycles. The van der Waals surface area contributed by atoms with Crippen molar-refractivity contribution >= 4 is 0 Å². The first-order valence-corrected chi connectivity index (χ1v) is 11.8. The van der Waals surface area contributed by atoms with E-state index in [1.807, 2.05) is 0 Å². The van der Waals surface area contributed by atoms with Gasteiger partial charge in [-0.2, -0.15) is 4.57 Å². The molecule has 3 heteroatoms. The first-order chi connectivity index (χ1) is 17.4. The fourth-order valence-electron chi connectivity index (χ4n) is 4.59. The SMILES string of the molecule is c1ccc(-c2n(-c3ccccc3)c(-c3ccccc3)[n+](-c3ccccc3)[n+]2-c2ccccc2)cc1. The average Bonchev–Trinajstić information content (AvgIpc) is 3.32. The number of benzene rings is 5. The molecule has 0 atom stereocenters. The molecule has 0 amide bonds. The Hall–Kier alpha value is -4.76. The predicted octanol–water partition coefficient (Wildman–Crippen LogP) is 6.36. The van der Waals surface area contributed by atoms with Crippen molar-refractivity contribution in [2.75, 3.05) is 0 Å². The summed E-state index contributed by atoms with van der Waals surface area (Å²) in [7, 11) is 0. The lowest BCUT2D eigenvalue weighted by atomic mass is 10.1. The molecule has 6 rings (SSSR count). The van der Waals surface area contributed by atoms with Crippen molar-refractivity contribution in [3.63, 3.8) is 0 Å². The minimum absolute atomic E-state index is 1.07. The zero-order valence-electron chi connectivity index (χ0n) is 19.3. The van der Waals surface area contributed by atoms with Crippen LogP contribution in [0.3, 0.4) is 0 Å². The molecule has 35 heavy (non-hydrogen) atoms. The van der Waals surface area contributed by atoms with Gasteiger partial charge in [0.1, 0.15) is 5.69 Å². The quantitative estimate of drug-likeness (QED) is 0.270. The van der Waals surface area contributed by atoms with Gasteiger partial charge in [-0.15, -0.1) is 0 Å². The number of hydrogen-bond acceptors (Lipinski definition) is 0. The predicted molar refractivity (Wildman–Crippen MR) is 140 cm³/mol. The van der Waals surface area contributed by atoms with Gasteiger partial charge in [-0.25, -0.2) is 0 Å². The molecule has 5 aromatic carbocycles. The summed E-state index contributed by atoms with van der Waals surface area (Å²) in [4.78, 5) is 0. The van der Waals surface area contributed by atoms with E-state index in [2.05, 4.69) is 166 Å². The van der Waals surface area contributed by atoms with Crippen molar-refractivity contribution in [2.24, 2.45) is 0 Å².